The van der Waals surface area contributed by atoms with Gasteiger partial charge in [0, 0.05) is 10.7 Å². The Hall–Kier alpha value is -1.04. The number of benzene rings is 1. The van der Waals surface area contributed by atoms with Gasteiger partial charge in [0.05, 0.1) is 12.1 Å². The van der Waals surface area contributed by atoms with Crippen LogP contribution in [0.5, 0.6) is 0 Å². The molecule has 0 radical (unpaired) electrons. The zero-order chi connectivity index (χ0) is 12.3. The fourth-order valence-electron chi connectivity index (χ4n) is 1.05. The fourth-order valence-corrected chi connectivity index (χ4v) is 1.29. The van der Waals surface area contributed by atoms with Crippen molar-refractivity contribution >= 4 is 17.3 Å². The lowest BCUT2D eigenvalue weighted by molar-refractivity contribution is -0.137. The summed E-state index contributed by atoms with van der Waals surface area (Å²) in [5.41, 5.74) is -1.06. The Morgan fingerprint density at radius 1 is 1.19 bits per heavy atom. The molecule has 0 spiro atoms. The number of rotatable bonds is 3. The Morgan fingerprint density at radius 2 is 1.81 bits per heavy atom. The second-order valence-corrected chi connectivity index (χ2v) is 3.43. The van der Waals surface area contributed by atoms with E-state index >= 15 is 0 Å². The zero-order valence-electron chi connectivity index (χ0n) is 7.78. The van der Waals surface area contributed by atoms with Crippen molar-refractivity contribution in [3.63, 3.8) is 0 Å². The first-order chi connectivity index (χ1) is 7.29. The minimum Gasteiger partial charge on any atom is -0.379 e. The van der Waals surface area contributed by atoms with Crippen molar-refractivity contribution in [1.29, 1.82) is 0 Å². The topological polar surface area (TPSA) is 12.0 Å². The standard InChI is InChI=1S/C9H7ClF5N/c10-6-1-5(9(13,14)15)2-7(3-6)16-4-8(11)12/h1-3,8,16H,4H2. The van der Waals surface area contributed by atoms with Crippen LogP contribution in [0.1, 0.15) is 5.56 Å². The van der Waals surface area contributed by atoms with Gasteiger partial charge in [-0.2, -0.15) is 13.2 Å². The molecule has 16 heavy (non-hydrogen) atoms. The van der Waals surface area contributed by atoms with Crippen molar-refractivity contribution in [1.82, 2.24) is 0 Å². The highest BCUT2D eigenvalue weighted by atomic mass is 35.5. The normalized spacial score (nSPS) is 11.9. The number of hydrogen-bond acceptors (Lipinski definition) is 1. The maximum atomic E-state index is 12.3. The van der Waals surface area contributed by atoms with Gasteiger partial charge in [-0.15, -0.1) is 0 Å². The quantitative estimate of drug-likeness (QED) is 0.808. The highest BCUT2D eigenvalue weighted by Crippen LogP contribution is 2.33. The fraction of sp³-hybridized carbons (Fsp3) is 0.333. The van der Waals surface area contributed by atoms with Crippen LogP contribution in [0.15, 0.2) is 18.2 Å². The number of nitrogens with one attached hydrogen (secondary N) is 1. The molecule has 7 heteroatoms. The van der Waals surface area contributed by atoms with E-state index in [9.17, 15) is 22.0 Å². The predicted molar refractivity (Wildman–Crippen MR) is 50.9 cm³/mol. The summed E-state index contributed by atoms with van der Waals surface area (Å²) in [4.78, 5) is 0. The van der Waals surface area contributed by atoms with Crippen LogP contribution >= 0.6 is 11.6 Å². The Kier molecular flexibility index (Phi) is 3.96. The van der Waals surface area contributed by atoms with Crippen LogP contribution in [0, 0.1) is 0 Å². The maximum Gasteiger partial charge on any atom is 0.416 e. The van der Waals surface area contributed by atoms with Crippen molar-refractivity contribution in [3.8, 4) is 0 Å². The Balaban J connectivity index is 2.90. The third-order valence-electron chi connectivity index (χ3n) is 1.69. The average Bonchev–Trinajstić information content (AvgIpc) is 2.12. The van der Waals surface area contributed by atoms with E-state index in [1.165, 1.54) is 0 Å². The summed E-state index contributed by atoms with van der Waals surface area (Å²) in [6.07, 6.45) is -7.19. The average molecular weight is 260 g/mol. The first kappa shape index (κ1) is 13.0. The number of alkyl halides is 5. The molecule has 1 rings (SSSR count). The molecule has 0 saturated heterocycles. The van der Waals surface area contributed by atoms with E-state index in [0.717, 1.165) is 18.2 Å². The lowest BCUT2D eigenvalue weighted by Gasteiger charge is -2.11. The Labute approximate surface area is 93.2 Å². The zero-order valence-corrected chi connectivity index (χ0v) is 8.54. The second kappa shape index (κ2) is 4.86. The molecular formula is C9H7ClF5N. The molecule has 1 nitrogen and oxygen atoms in total. The van der Waals surface area contributed by atoms with Gasteiger partial charge in [0.25, 0.3) is 6.43 Å². The van der Waals surface area contributed by atoms with Gasteiger partial charge in [0.2, 0.25) is 0 Å². The van der Waals surface area contributed by atoms with Crippen molar-refractivity contribution in [2.24, 2.45) is 0 Å². The molecule has 0 atom stereocenters. The molecule has 1 N–H and O–H groups in total. The molecule has 0 unspecified atom stereocenters. The van der Waals surface area contributed by atoms with E-state index in [1.54, 1.807) is 0 Å². The van der Waals surface area contributed by atoms with Gasteiger partial charge in [-0.25, -0.2) is 8.78 Å². The highest BCUT2D eigenvalue weighted by Gasteiger charge is 2.31. The van der Waals surface area contributed by atoms with E-state index in [-0.39, 0.29) is 10.7 Å². The molecule has 0 aliphatic rings. The molecule has 0 aliphatic heterocycles. The first-order valence-corrected chi connectivity index (χ1v) is 4.56. The van der Waals surface area contributed by atoms with Crippen LogP contribution in [-0.2, 0) is 6.18 Å². The van der Waals surface area contributed by atoms with E-state index in [1.807, 2.05) is 0 Å². The number of hydrogen-bond donors (Lipinski definition) is 1. The monoisotopic (exact) mass is 259 g/mol. The molecule has 1 aromatic carbocycles. The van der Waals surface area contributed by atoms with Crippen molar-refractivity contribution in [2.45, 2.75) is 12.6 Å². The lowest BCUT2D eigenvalue weighted by Crippen LogP contribution is -2.11. The molecule has 1 aromatic rings. The van der Waals surface area contributed by atoms with Gasteiger partial charge in [-0.05, 0) is 18.2 Å². The highest BCUT2D eigenvalue weighted by molar-refractivity contribution is 6.30. The van der Waals surface area contributed by atoms with Crippen LogP contribution in [-0.4, -0.2) is 13.0 Å². The van der Waals surface area contributed by atoms with Gasteiger partial charge < -0.3 is 5.32 Å². The van der Waals surface area contributed by atoms with Gasteiger partial charge in [0.15, 0.2) is 0 Å². The summed E-state index contributed by atoms with van der Waals surface area (Å²) in [5, 5.41) is 2.00. The van der Waals surface area contributed by atoms with E-state index in [0.29, 0.717) is 0 Å². The summed E-state index contributed by atoms with van der Waals surface area (Å²) in [5.74, 6) is 0. The molecule has 0 saturated carbocycles. The molecule has 0 heterocycles. The maximum absolute atomic E-state index is 12.3. The lowest BCUT2D eigenvalue weighted by atomic mass is 10.2. The molecule has 0 bridgehead atoms. The van der Waals surface area contributed by atoms with Gasteiger partial charge in [-0.3, -0.25) is 0 Å². The van der Waals surface area contributed by atoms with Crippen LogP contribution in [0.2, 0.25) is 5.02 Å². The Morgan fingerprint density at radius 3 is 2.31 bits per heavy atom. The number of halogens is 6. The second-order valence-electron chi connectivity index (χ2n) is 3.00. The van der Waals surface area contributed by atoms with Gasteiger partial charge in [-0.1, -0.05) is 11.6 Å². The van der Waals surface area contributed by atoms with Crippen molar-refractivity contribution in [2.75, 3.05) is 11.9 Å². The smallest absolute Gasteiger partial charge is 0.379 e. The Bertz CT molecular complexity index is 363. The third kappa shape index (κ3) is 3.84. The van der Waals surface area contributed by atoms with Crippen LogP contribution in [0.3, 0.4) is 0 Å². The van der Waals surface area contributed by atoms with Crippen molar-refractivity contribution < 1.29 is 22.0 Å². The molecule has 0 amide bonds. The predicted octanol–water partition coefficient (Wildman–Crippen LogP) is 4.04. The third-order valence-corrected chi connectivity index (χ3v) is 1.90. The van der Waals surface area contributed by atoms with Gasteiger partial charge >= 0.3 is 6.18 Å². The summed E-state index contributed by atoms with van der Waals surface area (Å²) in [6, 6.07) is 2.61. The SMILES string of the molecule is FC(F)CNc1cc(Cl)cc(C(F)(F)F)c1. The molecule has 0 fully saturated rings. The van der Waals surface area contributed by atoms with Gasteiger partial charge in [0.1, 0.15) is 0 Å². The minimum absolute atomic E-state index is 0.0832. The van der Waals surface area contributed by atoms with E-state index < -0.39 is 24.7 Å². The van der Waals surface area contributed by atoms with Crippen LogP contribution in [0.25, 0.3) is 0 Å². The summed E-state index contributed by atoms with van der Waals surface area (Å²) < 4.78 is 60.6. The van der Waals surface area contributed by atoms with E-state index in [2.05, 4.69) is 5.32 Å². The minimum atomic E-state index is -4.55. The molecule has 0 aromatic heterocycles. The van der Waals surface area contributed by atoms with E-state index in [4.69, 9.17) is 11.6 Å². The molecular weight excluding hydrogens is 253 g/mol. The molecule has 90 valence electrons. The summed E-state index contributed by atoms with van der Waals surface area (Å²) in [7, 11) is 0. The molecule has 0 aliphatic carbocycles. The summed E-state index contributed by atoms with van der Waals surface area (Å²) in [6.45, 7) is -0.725. The summed E-state index contributed by atoms with van der Waals surface area (Å²) >= 11 is 5.44. The van der Waals surface area contributed by atoms with Crippen molar-refractivity contribution in [3.05, 3.63) is 28.8 Å². The first-order valence-electron chi connectivity index (χ1n) is 4.19. The number of anilines is 1. The van der Waals surface area contributed by atoms with Crippen LogP contribution < -0.4 is 5.32 Å². The largest absolute Gasteiger partial charge is 0.416 e. The van der Waals surface area contributed by atoms with Crippen LogP contribution in [0.4, 0.5) is 27.6 Å².